The van der Waals surface area contributed by atoms with E-state index in [0.717, 1.165) is 42.2 Å². The number of anilines is 2. The molecule has 0 bridgehead atoms. The fourth-order valence-corrected chi connectivity index (χ4v) is 4.14. The molecule has 1 aliphatic heterocycles. The number of para-hydroxylation sites is 1. The van der Waals surface area contributed by atoms with Gasteiger partial charge in [-0.1, -0.05) is 18.2 Å². The Bertz CT molecular complexity index is 1280. The number of benzene rings is 3. The number of halogens is 1. The first kappa shape index (κ1) is 22.5. The molecule has 1 fully saturated rings. The van der Waals surface area contributed by atoms with Gasteiger partial charge in [0.1, 0.15) is 23.1 Å². The van der Waals surface area contributed by atoms with E-state index in [4.69, 9.17) is 4.74 Å². The molecule has 1 amide bonds. The molecule has 0 saturated carbocycles. The van der Waals surface area contributed by atoms with Gasteiger partial charge in [-0.05, 0) is 79.6 Å². The predicted octanol–water partition coefficient (Wildman–Crippen LogP) is 5.93. The summed E-state index contributed by atoms with van der Waals surface area (Å²) < 4.78 is 19.1. The molecule has 0 radical (unpaired) electrons. The summed E-state index contributed by atoms with van der Waals surface area (Å²) in [7, 11) is 0. The Morgan fingerprint density at radius 2 is 1.69 bits per heavy atom. The molecule has 1 aromatic heterocycles. The van der Waals surface area contributed by atoms with Gasteiger partial charge in [-0.15, -0.1) is 0 Å². The van der Waals surface area contributed by atoms with Gasteiger partial charge in [-0.2, -0.15) is 0 Å². The van der Waals surface area contributed by atoms with Crippen LogP contribution in [0.25, 0.3) is 11.4 Å². The summed E-state index contributed by atoms with van der Waals surface area (Å²) in [6.45, 7) is 1.38. The van der Waals surface area contributed by atoms with Crippen molar-refractivity contribution in [3.05, 3.63) is 96.9 Å². The minimum absolute atomic E-state index is 0.0146. The summed E-state index contributed by atoms with van der Waals surface area (Å²) >= 11 is 0. The van der Waals surface area contributed by atoms with Crippen molar-refractivity contribution in [2.75, 3.05) is 23.3 Å². The highest BCUT2D eigenvalue weighted by Gasteiger charge is 2.27. The molecule has 7 heteroatoms. The summed E-state index contributed by atoms with van der Waals surface area (Å²) in [5.74, 6) is 2.30. The van der Waals surface area contributed by atoms with Gasteiger partial charge >= 0.3 is 0 Å². The number of carbonyl (C=O) groups is 1. The Labute approximate surface area is 203 Å². The lowest BCUT2D eigenvalue weighted by Crippen LogP contribution is -2.41. The van der Waals surface area contributed by atoms with Crippen LogP contribution in [0.3, 0.4) is 0 Å². The summed E-state index contributed by atoms with van der Waals surface area (Å²) in [6, 6.07) is 24.9. The Balaban J connectivity index is 1.22. The maximum atomic E-state index is 13.3. The van der Waals surface area contributed by atoms with Crippen LogP contribution in [-0.4, -0.2) is 29.0 Å². The van der Waals surface area contributed by atoms with Crippen molar-refractivity contribution in [3.8, 4) is 22.9 Å². The fourth-order valence-electron chi connectivity index (χ4n) is 4.14. The maximum Gasteiger partial charge on any atom is 0.229 e. The first-order valence-electron chi connectivity index (χ1n) is 11.6. The average Bonchev–Trinajstić information content (AvgIpc) is 2.91. The second-order valence-corrected chi connectivity index (χ2v) is 8.46. The second-order valence-electron chi connectivity index (χ2n) is 8.46. The van der Waals surface area contributed by atoms with Gasteiger partial charge in [0.2, 0.25) is 5.91 Å². The van der Waals surface area contributed by atoms with Gasteiger partial charge < -0.3 is 15.0 Å². The number of nitrogens with zero attached hydrogens (tertiary/aromatic N) is 3. The topological polar surface area (TPSA) is 67.3 Å². The van der Waals surface area contributed by atoms with Crippen molar-refractivity contribution in [3.63, 3.8) is 0 Å². The van der Waals surface area contributed by atoms with E-state index in [1.807, 2.05) is 60.7 Å². The monoisotopic (exact) mass is 468 g/mol. The number of nitrogens with one attached hydrogen (secondary N) is 1. The molecule has 3 aromatic carbocycles. The Morgan fingerprint density at radius 1 is 0.943 bits per heavy atom. The van der Waals surface area contributed by atoms with Crippen molar-refractivity contribution in [2.24, 2.45) is 5.92 Å². The third-order valence-electron chi connectivity index (χ3n) is 5.96. The summed E-state index contributed by atoms with van der Waals surface area (Å²) in [6.07, 6.45) is 3.40. The number of carbonyl (C=O) groups excluding carboxylic acids is 1. The van der Waals surface area contributed by atoms with Crippen LogP contribution >= 0.6 is 0 Å². The smallest absolute Gasteiger partial charge is 0.229 e. The molecular weight excluding hydrogens is 443 g/mol. The van der Waals surface area contributed by atoms with Crippen LogP contribution in [0.1, 0.15) is 12.8 Å². The quantitative estimate of drug-likeness (QED) is 0.380. The van der Waals surface area contributed by atoms with E-state index in [2.05, 4.69) is 20.2 Å². The molecule has 1 aliphatic rings. The number of hydrogen-bond acceptors (Lipinski definition) is 5. The number of piperidine rings is 1. The van der Waals surface area contributed by atoms with E-state index in [-0.39, 0.29) is 17.6 Å². The Kier molecular flexibility index (Phi) is 6.66. The number of amides is 1. The molecule has 5 rings (SSSR count). The molecule has 6 nitrogen and oxygen atoms in total. The van der Waals surface area contributed by atoms with Gasteiger partial charge in [0.15, 0.2) is 5.82 Å². The molecule has 35 heavy (non-hydrogen) atoms. The summed E-state index contributed by atoms with van der Waals surface area (Å²) in [5.41, 5.74) is 1.48. The third-order valence-corrected chi connectivity index (χ3v) is 5.96. The summed E-state index contributed by atoms with van der Waals surface area (Å²) in [5, 5.41) is 3.03. The number of hydrogen-bond donors (Lipinski definition) is 1. The first-order chi connectivity index (χ1) is 17.1. The SMILES string of the molecule is O=C(Nc1ccc(Oc2ccccc2)cc1)[C@@H]1CCCN(c2ccnc(-c3ccc(F)cc3)n2)C1. The normalized spacial score (nSPS) is 15.5. The number of ether oxygens (including phenoxy) is 1. The van der Waals surface area contributed by atoms with Gasteiger partial charge in [0, 0.05) is 30.5 Å². The van der Waals surface area contributed by atoms with Crippen LogP contribution in [-0.2, 0) is 4.79 Å². The standard InChI is InChI=1S/C28H25FN4O2/c29-22-10-8-20(9-11-22)27-30-17-16-26(32-27)33-18-4-5-21(19-33)28(34)31-23-12-14-25(15-13-23)35-24-6-2-1-3-7-24/h1-3,6-17,21H,4-5,18-19H2,(H,31,34)/t21-/m1/s1. The predicted molar refractivity (Wildman–Crippen MR) is 134 cm³/mol. The van der Waals surface area contributed by atoms with Crippen LogP contribution in [0.4, 0.5) is 15.9 Å². The largest absolute Gasteiger partial charge is 0.457 e. The molecule has 0 spiro atoms. The molecule has 0 unspecified atom stereocenters. The van der Waals surface area contributed by atoms with Crippen molar-refractivity contribution < 1.29 is 13.9 Å². The highest BCUT2D eigenvalue weighted by Crippen LogP contribution is 2.26. The van der Waals surface area contributed by atoms with Crippen molar-refractivity contribution >= 4 is 17.4 Å². The molecule has 4 aromatic rings. The zero-order chi connectivity index (χ0) is 24.0. The lowest BCUT2D eigenvalue weighted by atomic mass is 9.97. The summed E-state index contributed by atoms with van der Waals surface area (Å²) in [4.78, 5) is 24.1. The third kappa shape index (κ3) is 5.63. The minimum Gasteiger partial charge on any atom is -0.457 e. The average molecular weight is 469 g/mol. The van der Waals surface area contributed by atoms with Crippen molar-refractivity contribution in [2.45, 2.75) is 12.8 Å². The van der Waals surface area contributed by atoms with E-state index >= 15 is 0 Å². The number of rotatable bonds is 6. The van der Waals surface area contributed by atoms with Gasteiger partial charge in [-0.25, -0.2) is 14.4 Å². The molecule has 1 saturated heterocycles. The molecule has 1 N–H and O–H groups in total. The van der Waals surface area contributed by atoms with Crippen molar-refractivity contribution in [1.29, 1.82) is 0 Å². The Morgan fingerprint density at radius 3 is 2.46 bits per heavy atom. The van der Waals surface area contributed by atoms with Crippen LogP contribution in [0, 0.1) is 11.7 Å². The fraction of sp³-hybridized carbons (Fsp3) is 0.179. The lowest BCUT2D eigenvalue weighted by molar-refractivity contribution is -0.120. The second kappa shape index (κ2) is 10.3. The molecule has 2 heterocycles. The zero-order valence-corrected chi connectivity index (χ0v) is 19.1. The lowest BCUT2D eigenvalue weighted by Gasteiger charge is -2.33. The molecule has 176 valence electrons. The van der Waals surface area contributed by atoms with Gasteiger partial charge in [0.25, 0.3) is 0 Å². The Hall–Kier alpha value is -4.26. The zero-order valence-electron chi connectivity index (χ0n) is 19.1. The molecule has 1 atom stereocenters. The van der Waals surface area contributed by atoms with Crippen LogP contribution in [0.5, 0.6) is 11.5 Å². The van der Waals surface area contributed by atoms with E-state index in [1.54, 1.807) is 18.3 Å². The van der Waals surface area contributed by atoms with E-state index in [1.165, 1.54) is 12.1 Å². The van der Waals surface area contributed by atoms with Gasteiger partial charge in [-0.3, -0.25) is 4.79 Å². The highest BCUT2D eigenvalue weighted by molar-refractivity contribution is 5.93. The van der Waals surface area contributed by atoms with E-state index < -0.39 is 0 Å². The minimum atomic E-state index is -0.298. The molecular formula is C28H25FN4O2. The van der Waals surface area contributed by atoms with Gasteiger partial charge in [0.05, 0.1) is 5.92 Å². The maximum absolute atomic E-state index is 13.3. The van der Waals surface area contributed by atoms with Crippen LogP contribution < -0.4 is 15.0 Å². The van der Waals surface area contributed by atoms with Crippen molar-refractivity contribution in [1.82, 2.24) is 9.97 Å². The number of aromatic nitrogens is 2. The first-order valence-corrected chi connectivity index (χ1v) is 11.6. The highest BCUT2D eigenvalue weighted by atomic mass is 19.1. The van der Waals surface area contributed by atoms with E-state index in [9.17, 15) is 9.18 Å². The van der Waals surface area contributed by atoms with Crippen LogP contribution in [0.15, 0.2) is 91.1 Å². The molecule has 0 aliphatic carbocycles. The van der Waals surface area contributed by atoms with E-state index in [0.29, 0.717) is 18.1 Å². The van der Waals surface area contributed by atoms with Crippen LogP contribution in [0.2, 0.25) is 0 Å².